The number of hydrogen-bond acceptors (Lipinski definition) is 9. The van der Waals surface area contributed by atoms with Crippen molar-refractivity contribution in [3.05, 3.63) is 96.6 Å². The van der Waals surface area contributed by atoms with E-state index in [1.807, 2.05) is 38.1 Å². The Hall–Kier alpha value is -2.86. The van der Waals surface area contributed by atoms with Crippen molar-refractivity contribution < 1.29 is 14.7 Å². The second-order valence-corrected chi connectivity index (χ2v) is 12.7. The lowest BCUT2D eigenvalue weighted by Gasteiger charge is -2.24. The molecule has 1 N–H and O–H groups in total. The van der Waals surface area contributed by atoms with E-state index in [2.05, 4.69) is 55.4 Å². The van der Waals surface area contributed by atoms with Crippen molar-refractivity contribution in [3.8, 4) is 0 Å². The Labute approximate surface area is 234 Å². The van der Waals surface area contributed by atoms with Crippen LogP contribution in [0.5, 0.6) is 0 Å². The minimum absolute atomic E-state index is 0.00714. The highest BCUT2D eigenvalue weighted by molar-refractivity contribution is 9.10. The van der Waals surface area contributed by atoms with Gasteiger partial charge in [-0.2, -0.15) is 0 Å². The standard InChI is InChI=1S/C26H21BrN4O3S3/c1-13-8-10-16(11-9-13)12-35-26-30-29-25(37-26)31-20(17-6-4-5-7-18(17)27)19(22(33)24(31)34)21(32)23-14(2)28-15(3)36-23/h4-11,20,33H,12H2,1-3H3. The van der Waals surface area contributed by atoms with E-state index in [-0.39, 0.29) is 5.57 Å². The van der Waals surface area contributed by atoms with Crippen LogP contribution in [-0.4, -0.2) is 32.0 Å². The van der Waals surface area contributed by atoms with Crippen molar-refractivity contribution in [1.82, 2.24) is 15.2 Å². The van der Waals surface area contributed by atoms with Crippen LogP contribution in [0.25, 0.3) is 0 Å². The number of anilines is 1. The maximum atomic E-state index is 13.7. The zero-order valence-corrected chi connectivity index (χ0v) is 24.1. The van der Waals surface area contributed by atoms with Crippen LogP contribution < -0.4 is 4.90 Å². The molecule has 0 fully saturated rings. The van der Waals surface area contributed by atoms with Crippen LogP contribution >= 0.6 is 50.4 Å². The van der Waals surface area contributed by atoms with Crippen LogP contribution in [0.3, 0.4) is 0 Å². The Balaban J connectivity index is 1.51. The maximum absolute atomic E-state index is 13.7. The van der Waals surface area contributed by atoms with E-state index < -0.39 is 23.5 Å². The van der Waals surface area contributed by atoms with Gasteiger partial charge in [0.25, 0.3) is 5.91 Å². The third kappa shape index (κ3) is 5.00. The highest BCUT2D eigenvalue weighted by Crippen LogP contribution is 2.46. The molecule has 0 aliphatic carbocycles. The average molecular weight is 614 g/mol. The monoisotopic (exact) mass is 612 g/mol. The van der Waals surface area contributed by atoms with Crippen molar-refractivity contribution in [1.29, 1.82) is 0 Å². The Morgan fingerprint density at radius 2 is 1.81 bits per heavy atom. The summed E-state index contributed by atoms with van der Waals surface area (Å²) in [6.45, 7) is 5.61. The number of halogens is 1. The number of thiazole rings is 1. The van der Waals surface area contributed by atoms with Crippen molar-refractivity contribution in [2.24, 2.45) is 0 Å². The molecular weight excluding hydrogens is 592 g/mol. The predicted molar refractivity (Wildman–Crippen MR) is 151 cm³/mol. The molecule has 0 radical (unpaired) electrons. The molecule has 188 valence electrons. The molecule has 7 nitrogen and oxygen atoms in total. The SMILES string of the molecule is Cc1ccc(CSc2nnc(N3C(=O)C(O)=C(C(=O)c4sc(C)nc4C)C3c3ccccc3Br)s2)cc1. The Morgan fingerprint density at radius 1 is 1.08 bits per heavy atom. The van der Waals surface area contributed by atoms with Gasteiger partial charge in [0, 0.05) is 10.2 Å². The summed E-state index contributed by atoms with van der Waals surface area (Å²) in [7, 11) is 0. The van der Waals surface area contributed by atoms with Crippen LogP contribution in [0.15, 0.2) is 68.7 Å². The number of carbonyl (C=O) groups excluding carboxylic acids is 2. The third-order valence-electron chi connectivity index (χ3n) is 5.85. The summed E-state index contributed by atoms with van der Waals surface area (Å²) in [6.07, 6.45) is 0. The molecule has 4 aromatic rings. The summed E-state index contributed by atoms with van der Waals surface area (Å²) in [6, 6.07) is 14.7. The normalized spacial score (nSPS) is 15.6. The van der Waals surface area contributed by atoms with Gasteiger partial charge in [0.1, 0.15) is 0 Å². The number of aromatic nitrogens is 3. The summed E-state index contributed by atoms with van der Waals surface area (Å²) in [5.74, 6) is -0.988. The van der Waals surface area contributed by atoms with Crippen LogP contribution in [-0.2, 0) is 10.5 Å². The quantitative estimate of drug-likeness (QED) is 0.140. The zero-order chi connectivity index (χ0) is 26.3. The van der Waals surface area contributed by atoms with Gasteiger partial charge in [-0.05, 0) is 38.0 Å². The first kappa shape index (κ1) is 25.8. The average Bonchev–Trinajstić information content (AvgIpc) is 3.55. The van der Waals surface area contributed by atoms with Gasteiger partial charge in [-0.25, -0.2) is 4.98 Å². The van der Waals surface area contributed by atoms with Gasteiger partial charge in [-0.15, -0.1) is 21.5 Å². The van der Waals surface area contributed by atoms with Gasteiger partial charge in [0.05, 0.1) is 27.2 Å². The molecule has 1 aliphatic heterocycles. The number of amides is 1. The fourth-order valence-electron chi connectivity index (χ4n) is 4.08. The molecule has 11 heteroatoms. The molecule has 1 atom stereocenters. The van der Waals surface area contributed by atoms with E-state index in [4.69, 9.17) is 0 Å². The largest absolute Gasteiger partial charge is 0.503 e. The van der Waals surface area contributed by atoms with E-state index in [9.17, 15) is 14.7 Å². The molecule has 2 aromatic heterocycles. The number of ketones is 1. The lowest BCUT2D eigenvalue weighted by Crippen LogP contribution is -2.31. The molecule has 0 saturated carbocycles. The first-order valence-corrected chi connectivity index (χ1v) is 14.7. The predicted octanol–water partition coefficient (Wildman–Crippen LogP) is 6.76. The number of hydrogen-bond donors (Lipinski definition) is 1. The first-order valence-electron chi connectivity index (χ1n) is 11.3. The number of aliphatic hydroxyl groups excluding tert-OH is 1. The van der Waals surface area contributed by atoms with Gasteiger partial charge in [-0.1, -0.05) is 87.1 Å². The fourth-order valence-corrected chi connectivity index (χ4v) is 7.28. The number of thioether (sulfide) groups is 1. The molecule has 1 unspecified atom stereocenters. The smallest absolute Gasteiger partial charge is 0.296 e. The molecule has 37 heavy (non-hydrogen) atoms. The summed E-state index contributed by atoms with van der Waals surface area (Å²) in [5, 5.41) is 20.6. The molecule has 2 aromatic carbocycles. The van der Waals surface area contributed by atoms with Gasteiger partial charge >= 0.3 is 0 Å². The Kier molecular flexibility index (Phi) is 7.30. The third-order valence-corrected chi connectivity index (χ3v) is 9.77. The van der Waals surface area contributed by atoms with E-state index >= 15 is 0 Å². The minimum atomic E-state index is -0.875. The molecular formula is C26H21BrN4O3S3. The van der Waals surface area contributed by atoms with Gasteiger partial charge in [0.15, 0.2) is 10.1 Å². The second-order valence-electron chi connectivity index (χ2n) is 8.46. The summed E-state index contributed by atoms with van der Waals surface area (Å²) >= 11 is 7.57. The summed E-state index contributed by atoms with van der Waals surface area (Å²) in [5.41, 5.74) is 3.58. The number of benzene rings is 2. The Morgan fingerprint density at radius 3 is 2.49 bits per heavy atom. The lowest BCUT2D eigenvalue weighted by molar-refractivity contribution is -0.117. The fraction of sp³-hybridized carbons (Fsp3) is 0.192. The van der Waals surface area contributed by atoms with Crippen LogP contribution in [0.2, 0.25) is 0 Å². The summed E-state index contributed by atoms with van der Waals surface area (Å²) < 4.78 is 1.39. The van der Waals surface area contributed by atoms with Crippen LogP contribution in [0.4, 0.5) is 5.13 Å². The van der Waals surface area contributed by atoms with E-state index in [1.165, 1.54) is 44.9 Å². The summed E-state index contributed by atoms with van der Waals surface area (Å²) in [4.78, 5) is 33.3. The van der Waals surface area contributed by atoms with Crippen molar-refractivity contribution in [2.45, 2.75) is 36.9 Å². The number of aliphatic hydroxyl groups is 1. The van der Waals surface area contributed by atoms with E-state index in [1.54, 1.807) is 6.92 Å². The van der Waals surface area contributed by atoms with Crippen LogP contribution in [0.1, 0.15) is 43.1 Å². The van der Waals surface area contributed by atoms with Gasteiger partial charge < -0.3 is 5.11 Å². The highest BCUT2D eigenvalue weighted by atomic mass is 79.9. The van der Waals surface area contributed by atoms with Gasteiger partial charge in [0.2, 0.25) is 10.9 Å². The van der Waals surface area contributed by atoms with Crippen molar-refractivity contribution >= 4 is 67.2 Å². The van der Waals surface area contributed by atoms with Crippen molar-refractivity contribution in [3.63, 3.8) is 0 Å². The molecule has 0 bridgehead atoms. The van der Waals surface area contributed by atoms with Crippen LogP contribution in [0, 0.1) is 20.8 Å². The lowest BCUT2D eigenvalue weighted by atomic mass is 9.95. The molecule has 0 spiro atoms. The molecule has 3 heterocycles. The van der Waals surface area contributed by atoms with E-state index in [0.717, 1.165) is 10.6 Å². The Bertz CT molecular complexity index is 1540. The maximum Gasteiger partial charge on any atom is 0.296 e. The topological polar surface area (TPSA) is 96.3 Å². The number of Topliss-reactive ketones (excluding diaryl/α,β-unsaturated/α-hetero) is 1. The van der Waals surface area contributed by atoms with E-state index in [0.29, 0.717) is 35.8 Å². The highest BCUT2D eigenvalue weighted by Gasteiger charge is 2.47. The first-order chi connectivity index (χ1) is 17.7. The zero-order valence-electron chi connectivity index (χ0n) is 20.1. The number of rotatable bonds is 7. The molecule has 1 aliphatic rings. The molecule has 5 rings (SSSR count). The molecule has 0 saturated heterocycles. The number of carbonyl (C=O) groups is 2. The second kappa shape index (κ2) is 10.5. The van der Waals surface area contributed by atoms with Gasteiger partial charge in [-0.3, -0.25) is 14.5 Å². The molecule has 1 amide bonds. The number of nitrogens with zero attached hydrogens (tertiary/aromatic N) is 4. The minimum Gasteiger partial charge on any atom is -0.503 e. The van der Waals surface area contributed by atoms with Crippen molar-refractivity contribution in [2.75, 3.05) is 4.90 Å². The number of aryl methyl sites for hydroxylation is 3.